The molecule has 0 saturated carbocycles. The Morgan fingerprint density at radius 3 is 2.18 bits per heavy atom. The lowest BCUT2D eigenvalue weighted by Gasteiger charge is -2.13. The van der Waals surface area contributed by atoms with E-state index >= 15 is 0 Å². The van der Waals surface area contributed by atoms with Crippen molar-refractivity contribution in [3.8, 4) is 0 Å². The summed E-state index contributed by atoms with van der Waals surface area (Å²) in [6.45, 7) is 0. The second-order valence-electron chi connectivity index (χ2n) is 4.01. The van der Waals surface area contributed by atoms with Crippen molar-refractivity contribution in [2.75, 3.05) is 0 Å². The van der Waals surface area contributed by atoms with Crippen molar-refractivity contribution in [2.45, 2.75) is 11.3 Å². The van der Waals surface area contributed by atoms with E-state index in [1.54, 1.807) is 18.2 Å². The van der Waals surface area contributed by atoms with Crippen LogP contribution in [-0.2, 0) is 19.7 Å². The molecule has 1 rings (SSSR count). The maximum absolute atomic E-state index is 11.2. The topological polar surface area (TPSA) is 154 Å². The van der Waals surface area contributed by atoms with Gasteiger partial charge in [-0.25, -0.2) is 9.59 Å². The summed E-state index contributed by atoms with van der Waals surface area (Å²) in [5.74, 6) is -3.19. The minimum Gasteiger partial charge on any atom is -0.480 e. The molecule has 10 heteroatoms. The molecule has 9 nitrogen and oxygen atoms in total. The van der Waals surface area contributed by atoms with Crippen LogP contribution in [-0.4, -0.2) is 46.4 Å². The molecule has 0 fully saturated rings. The van der Waals surface area contributed by atoms with Crippen LogP contribution in [0.1, 0.15) is 0 Å². The molecule has 1 aromatic carbocycles. The van der Waals surface area contributed by atoms with E-state index in [1.807, 2.05) is 0 Å². The average Bonchev–Trinajstić information content (AvgIpc) is 2.41. The Kier molecular flexibility index (Phi) is 5.90. The van der Waals surface area contributed by atoms with Crippen molar-refractivity contribution in [1.82, 2.24) is 0 Å². The van der Waals surface area contributed by atoms with Crippen LogP contribution >= 0.6 is 0 Å². The first-order valence-corrected chi connectivity index (χ1v) is 7.28. The van der Waals surface area contributed by atoms with E-state index in [0.717, 1.165) is 0 Å². The Balaban J connectivity index is 3.17. The van der Waals surface area contributed by atoms with Crippen LogP contribution in [0.4, 0.5) is 5.69 Å². The number of carbonyl (C=O) groups is 2. The number of nitrogens with zero attached hydrogens (tertiary/aromatic N) is 2. The SMILES string of the molecule is O=C(O)C=CC(C(N=Nc1ccccc1)C(=O)O)S(=O)(=O)O. The summed E-state index contributed by atoms with van der Waals surface area (Å²) in [6, 6.07) is 5.90. The van der Waals surface area contributed by atoms with E-state index in [2.05, 4.69) is 10.2 Å². The molecule has 2 unspecified atom stereocenters. The third-order valence-electron chi connectivity index (χ3n) is 2.39. The molecular formula is C12H12N2O7S. The molecule has 3 N–H and O–H groups in total. The zero-order valence-corrected chi connectivity index (χ0v) is 11.8. The largest absolute Gasteiger partial charge is 0.480 e. The van der Waals surface area contributed by atoms with Gasteiger partial charge in [0.25, 0.3) is 10.1 Å². The third kappa shape index (κ3) is 5.42. The van der Waals surface area contributed by atoms with Crippen LogP contribution in [0.25, 0.3) is 0 Å². The quantitative estimate of drug-likeness (QED) is 0.385. The first kappa shape index (κ1) is 17.5. The number of rotatable bonds is 7. The molecule has 0 radical (unpaired) electrons. The van der Waals surface area contributed by atoms with E-state index in [4.69, 9.17) is 14.8 Å². The number of hydrogen-bond acceptors (Lipinski definition) is 6. The Bertz CT molecular complexity index is 697. The van der Waals surface area contributed by atoms with Gasteiger partial charge < -0.3 is 10.2 Å². The van der Waals surface area contributed by atoms with Gasteiger partial charge in [0, 0.05) is 6.08 Å². The summed E-state index contributed by atoms with van der Waals surface area (Å²) in [5.41, 5.74) is 0.269. The first-order chi connectivity index (χ1) is 10.2. The predicted molar refractivity (Wildman–Crippen MR) is 74.5 cm³/mol. The van der Waals surface area contributed by atoms with Gasteiger partial charge >= 0.3 is 11.9 Å². The number of azo groups is 1. The monoisotopic (exact) mass is 328 g/mol. The van der Waals surface area contributed by atoms with Gasteiger partial charge in [-0.3, -0.25) is 4.55 Å². The van der Waals surface area contributed by atoms with E-state index < -0.39 is 33.3 Å². The minimum atomic E-state index is -4.89. The van der Waals surface area contributed by atoms with E-state index in [-0.39, 0.29) is 5.69 Å². The van der Waals surface area contributed by atoms with Gasteiger partial charge in [-0.2, -0.15) is 18.6 Å². The van der Waals surface area contributed by atoms with Crippen molar-refractivity contribution in [3.05, 3.63) is 42.5 Å². The maximum Gasteiger partial charge on any atom is 0.332 e. The highest BCUT2D eigenvalue weighted by Gasteiger charge is 2.36. The highest BCUT2D eigenvalue weighted by molar-refractivity contribution is 7.86. The van der Waals surface area contributed by atoms with Gasteiger partial charge in [0.2, 0.25) is 0 Å². The predicted octanol–water partition coefficient (Wildman–Crippen LogP) is 1.12. The molecule has 0 aliphatic rings. The Morgan fingerprint density at radius 1 is 1.14 bits per heavy atom. The number of benzene rings is 1. The van der Waals surface area contributed by atoms with Crippen molar-refractivity contribution in [2.24, 2.45) is 10.2 Å². The molecule has 1 aromatic rings. The maximum atomic E-state index is 11.2. The lowest BCUT2D eigenvalue weighted by molar-refractivity contribution is -0.138. The molecule has 0 bridgehead atoms. The van der Waals surface area contributed by atoms with E-state index in [0.29, 0.717) is 12.2 Å². The smallest absolute Gasteiger partial charge is 0.332 e. The molecular weight excluding hydrogens is 316 g/mol. The fourth-order valence-corrected chi connectivity index (χ4v) is 2.20. The van der Waals surface area contributed by atoms with Gasteiger partial charge in [0.15, 0.2) is 6.04 Å². The molecule has 0 heterocycles. The molecule has 0 aliphatic heterocycles. The molecule has 0 amide bonds. The number of carboxylic acids is 2. The minimum absolute atomic E-state index is 0.269. The lowest BCUT2D eigenvalue weighted by Crippen LogP contribution is -2.36. The van der Waals surface area contributed by atoms with Gasteiger partial charge in [0.05, 0.1) is 5.69 Å². The highest BCUT2D eigenvalue weighted by Crippen LogP contribution is 2.16. The van der Waals surface area contributed by atoms with Crippen molar-refractivity contribution in [1.29, 1.82) is 0 Å². The number of carboxylic acid groups (broad SMARTS) is 2. The normalized spacial score (nSPS) is 15.0. The fourth-order valence-electron chi connectivity index (χ4n) is 1.42. The molecule has 0 aliphatic carbocycles. The van der Waals surface area contributed by atoms with E-state index in [1.165, 1.54) is 12.1 Å². The fraction of sp³-hybridized carbons (Fsp3) is 0.167. The third-order valence-corrected chi connectivity index (χ3v) is 3.49. The molecule has 0 saturated heterocycles. The second kappa shape index (κ2) is 7.43. The van der Waals surface area contributed by atoms with Crippen LogP contribution in [0.5, 0.6) is 0 Å². The second-order valence-corrected chi connectivity index (χ2v) is 5.59. The van der Waals surface area contributed by atoms with Crippen molar-refractivity contribution >= 4 is 27.7 Å². The number of aliphatic carboxylic acids is 2. The average molecular weight is 328 g/mol. The van der Waals surface area contributed by atoms with Gasteiger partial charge in [0.1, 0.15) is 5.25 Å². The first-order valence-electron chi connectivity index (χ1n) is 5.78. The zero-order valence-electron chi connectivity index (χ0n) is 11.0. The highest BCUT2D eigenvalue weighted by atomic mass is 32.2. The van der Waals surface area contributed by atoms with Crippen LogP contribution in [0.15, 0.2) is 52.7 Å². The summed E-state index contributed by atoms with van der Waals surface area (Å²) in [4.78, 5) is 21.6. The standard InChI is InChI=1S/C12H12N2O7S/c15-10(16)7-6-9(22(19,20)21)11(12(17)18)14-13-8-4-2-1-3-5-8/h1-7,9,11H,(H,15,16)(H,17,18)(H,19,20,21). The summed E-state index contributed by atoms with van der Waals surface area (Å²) in [6.07, 6.45) is 0.937. The van der Waals surface area contributed by atoms with E-state index in [9.17, 15) is 18.0 Å². The molecule has 0 spiro atoms. The Labute approximate surface area is 125 Å². The summed E-state index contributed by atoms with van der Waals surface area (Å²) >= 11 is 0. The van der Waals surface area contributed by atoms with Gasteiger partial charge in [-0.05, 0) is 12.1 Å². The summed E-state index contributed by atoms with van der Waals surface area (Å²) in [5, 5.41) is 22.4. The Morgan fingerprint density at radius 2 is 1.73 bits per heavy atom. The van der Waals surface area contributed by atoms with Crippen LogP contribution in [0.3, 0.4) is 0 Å². The summed E-state index contributed by atoms with van der Waals surface area (Å²) in [7, 11) is -4.89. The van der Waals surface area contributed by atoms with Crippen molar-refractivity contribution < 1.29 is 32.8 Å². The molecule has 0 aromatic heterocycles. The van der Waals surface area contributed by atoms with Crippen LogP contribution < -0.4 is 0 Å². The van der Waals surface area contributed by atoms with Crippen molar-refractivity contribution in [3.63, 3.8) is 0 Å². The van der Waals surface area contributed by atoms with Crippen LogP contribution in [0, 0.1) is 0 Å². The zero-order chi connectivity index (χ0) is 16.8. The molecule has 2 atom stereocenters. The van der Waals surface area contributed by atoms with Gasteiger partial charge in [-0.15, -0.1) is 0 Å². The molecule has 22 heavy (non-hydrogen) atoms. The van der Waals surface area contributed by atoms with Crippen LogP contribution in [0.2, 0.25) is 0 Å². The summed E-state index contributed by atoms with van der Waals surface area (Å²) < 4.78 is 31.6. The Hall–Kier alpha value is -2.59. The molecule has 118 valence electrons. The van der Waals surface area contributed by atoms with Gasteiger partial charge in [-0.1, -0.05) is 24.3 Å². The lowest BCUT2D eigenvalue weighted by atomic mass is 10.2. The number of hydrogen-bond donors (Lipinski definition) is 3.